The Morgan fingerprint density at radius 2 is 1.62 bits per heavy atom. The van der Waals surface area contributed by atoms with Crippen molar-refractivity contribution in [2.24, 2.45) is 11.8 Å². The molecule has 0 spiro atoms. The van der Waals surface area contributed by atoms with Crippen LogP contribution in [0.2, 0.25) is 0 Å². The predicted octanol–water partition coefficient (Wildman–Crippen LogP) is 3.96. The van der Waals surface area contributed by atoms with E-state index in [0.29, 0.717) is 31.3 Å². The van der Waals surface area contributed by atoms with Crippen LogP contribution in [-0.4, -0.2) is 60.2 Å². The minimum absolute atomic E-state index is 0.0788. The summed E-state index contributed by atoms with van der Waals surface area (Å²) in [6.45, 7) is 3.08. The number of nitrogens with zero attached hydrogens (tertiary/aromatic N) is 4. The molecular formula is C24H31F3N6O. The Balaban J connectivity index is 1.24. The maximum atomic E-state index is 12.9. The molecule has 0 aromatic carbocycles. The minimum Gasteiger partial charge on any atom is -0.370 e. The number of aromatic nitrogens is 2. The van der Waals surface area contributed by atoms with Gasteiger partial charge in [-0.05, 0) is 69.6 Å². The smallest absolute Gasteiger partial charge is 0.370 e. The molecule has 0 radical (unpaired) electrons. The zero-order chi connectivity index (χ0) is 24.1. The molecular weight excluding hydrogens is 445 g/mol. The fourth-order valence-electron chi connectivity index (χ4n) is 4.45. The first-order chi connectivity index (χ1) is 16.3. The summed E-state index contributed by atoms with van der Waals surface area (Å²) >= 11 is 0. The van der Waals surface area contributed by atoms with Gasteiger partial charge in [-0.15, -0.1) is 0 Å². The number of anilines is 3. The Hall–Kier alpha value is -2.88. The number of carbonyl (C=O) groups excluding carboxylic acids is 1. The van der Waals surface area contributed by atoms with Crippen LogP contribution in [0.5, 0.6) is 0 Å². The third kappa shape index (κ3) is 6.37. The van der Waals surface area contributed by atoms with Crippen LogP contribution in [0.4, 0.5) is 30.5 Å². The fraction of sp³-hybridized carbons (Fsp3) is 0.542. The van der Waals surface area contributed by atoms with Crippen molar-refractivity contribution in [3.63, 3.8) is 0 Å². The molecule has 4 rings (SSSR count). The summed E-state index contributed by atoms with van der Waals surface area (Å²) in [6.07, 6.45) is 1.27. The van der Waals surface area contributed by atoms with E-state index in [-0.39, 0.29) is 24.7 Å². The van der Waals surface area contributed by atoms with Gasteiger partial charge in [0, 0.05) is 31.7 Å². The van der Waals surface area contributed by atoms with Crippen molar-refractivity contribution < 1.29 is 18.0 Å². The third-order valence-corrected chi connectivity index (χ3v) is 6.71. The summed E-state index contributed by atoms with van der Waals surface area (Å²) in [6, 6.07) is 7.39. The highest BCUT2D eigenvalue weighted by atomic mass is 19.4. The Labute approximate surface area is 197 Å². The summed E-state index contributed by atoms with van der Waals surface area (Å²) in [4.78, 5) is 25.3. The lowest BCUT2D eigenvalue weighted by molar-refractivity contribution is -0.179. The van der Waals surface area contributed by atoms with Crippen LogP contribution >= 0.6 is 0 Å². The summed E-state index contributed by atoms with van der Waals surface area (Å²) in [5.41, 5.74) is 1.73. The van der Waals surface area contributed by atoms with Crippen molar-refractivity contribution in [1.82, 2.24) is 20.2 Å². The lowest BCUT2D eigenvalue weighted by Gasteiger charge is -2.34. The van der Waals surface area contributed by atoms with E-state index in [0.717, 1.165) is 37.2 Å². The van der Waals surface area contributed by atoms with Gasteiger partial charge in [0.15, 0.2) is 0 Å². The number of halogens is 3. The van der Waals surface area contributed by atoms with Gasteiger partial charge in [0.25, 0.3) is 0 Å². The molecule has 184 valence electrons. The van der Waals surface area contributed by atoms with Gasteiger partial charge in [-0.25, -0.2) is 9.97 Å². The molecule has 2 saturated heterocycles. The molecule has 34 heavy (non-hydrogen) atoms. The van der Waals surface area contributed by atoms with E-state index in [1.54, 1.807) is 18.5 Å². The molecule has 1 amide bonds. The van der Waals surface area contributed by atoms with Crippen molar-refractivity contribution in [1.29, 1.82) is 0 Å². The van der Waals surface area contributed by atoms with Crippen LogP contribution in [0.1, 0.15) is 31.2 Å². The number of hydrogen-bond acceptors (Lipinski definition) is 6. The lowest BCUT2D eigenvalue weighted by atomic mass is 9.96. The van der Waals surface area contributed by atoms with Gasteiger partial charge in [0.05, 0.1) is 17.8 Å². The number of alkyl halides is 3. The molecule has 7 nitrogen and oxygen atoms in total. The van der Waals surface area contributed by atoms with Gasteiger partial charge in [-0.2, -0.15) is 13.2 Å². The van der Waals surface area contributed by atoms with E-state index < -0.39 is 12.1 Å². The minimum atomic E-state index is -4.11. The van der Waals surface area contributed by atoms with E-state index in [1.807, 2.05) is 23.1 Å². The molecule has 10 heteroatoms. The van der Waals surface area contributed by atoms with Crippen LogP contribution in [-0.2, 0) is 11.3 Å². The van der Waals surface area contributed by atoms with Gasteiger partial charge in [-0.3, -0.25) is 4.79 Å². The molecule has 2 fully saturated rings. The van der Waals surface area contributed by atoms with E-state index in [4.69, 9.17) is 0 Å². The van der Waals surface area contributed by atoms with Gasteiger partial charge < -0.3 is 20.4 Å². The van der Waals surface area contributed by atoms with Crippen molar-refractivity contribution in [2.75, 3.05) is 43.4 Å². The third-order valence-electron chi connectivity index (χ3n) is 6.71. The average molecular weight is 477 g/mol. The molecule has 0 bridgehead atoms. The SMILES string of the molecule is CN1CCC(C(=O)NCc2ccc(Nc3ccc(N4CCC(C(F)(F)F)CC4)cn3)nc2)CC1. The Bertz CT molecular complexity index is 935. The van der Waals surface area contributed by atoms with Crippen molar-refractivity contribution in [3.05, 3.63) is 42.2 Å². The number of pyridine rings is 2. The highest BCUT2D eigenvalue weighted by molar-refractivity contribution is 5.78. The number of rotatable bonds is 6. The molecule has 0 saturated carbocycles. The van der Waals surface area contributed by atoms with Gasteiger partial charge >= 0.3 is 6.18 Å². The summed E-state index contributed by atoms with van der Waals surface area (Å²) < 4.78 is 38.6. The quantitative estimate of drug-likeness (QED) is 0.658. The fourth-order valence-corrected chi connectivity index (χ4v) is 4.45. The van der Waals surface area contributed by atoms with Crippen LogP contribution in [0.15, 0.2) is 36.7 Å². The summed E-state index contributed by atoms with van der Waals surface area (Å²) in [7, 11) is 2.07. The number of nitrogens with one attached hydrogen (secondary N) is 2. The first-order valence-electron chi connectivity index (χ1n) is 11.7. The van der Waals surface area contributed by atoms with Crippen LogP contribution in [0.3, 0.4) is 0 Å². The first kappa shape index (κ1) is 24.3. The Kier molecular flexibility index (Phi) is 7.55. The molecule has 2 aromatic rings. The molecule has 0 atom stereocenters. The van der Waals surface area contributed by atoms with Gasteiger partial charge in [0.2, 0.25) is 5.91 Å². The second-order valence-corrected chi connectivity index (χ2v) is 9.18. The zero-order valence-electron chi connectivity index (χ0n) is 19.3. The first-order valence-corrected chi connectivity index (χ1v) is 11.7. The lowest BCUT2D eigenvalue weighted by Crippen LogP contribution is -2.39. The van der Waals surface area contributed by atoms with Crippen LogP contribution in [0, 0.1) is 11.8 Å². The highest BCUT2D eigenvalue weighted by Gasteiger charge is 2.41. The number of hydrogen-bond donors (Lipinski definition) is 2. The van der Waals surface area contributed by atoms with Crippen LogP contribution in [0.25, 0.3) is 0 Å². The Morgan fingerprint density at radius 3 is 2.18 bits per heavy atom. The second-order valence-electron chi connectivity index (χ2n) is 9.18. The van der Waals surface area contributed by atoms with E-state index in [1.165, 1.54) is 0 Å². The Morgan fingerprint density at radius 1 is 0.971 bits per heavy atom. The zero-order valence-corrected chi connectivity index (χ0v) is 19.3. The van der Waals surface area contributed by atoms with Crippen molar-refractivity contribution in [2.45, 2.75) is 38.4 Å². The van der Waals surface area contributed by atoms with E-state index >= 15 is 0 Å². The molecule has 2 aliphatic heterocycles. The molecule has 0 aliphatic carbocycles. The second kappa shape index (κ2) is 10.6. The predicted molar refractivity (Wildman–Crippen MR) is 125 cm³/mol. The number of carbonyl (C=O) groups is 1. The average Bonchev–Trinajstić information content (AvgIpc) is 2.84. The van der Waals surface area contributed by atoms with Gasteiger partial charge in [0.1, 0.15) is 11.6 Å². The van der Waals surface area contributed by atoms with E-state index in [9.17, 15) is 18.0 Å². The molecule has 2 aliphatic rings. The standard InChI is InChI=1S/C24H31F3N6O/c1-32-10-6-18(7-11-32)23(34)30-15-17-2-4-21(28-14-17)31-22-5-3-20(16-29-22)33-12-8-19(9-13-33)24(25,26)27/h2-5,14,16,18-19H,6-13,15H2,1H3,(H,30,34)(H,28,29,31). The van der Waals surface area contributed by atoms with E-state index in [2.05, 4.69) is 32.5 Å². The summed E-state index contributed by atoms with van der Waals surface area (Å²) in [5, 5.41) is 6.13. The number of piperidine rings is 2. The van der Waals surface area contributed by atoms with Crippen LogP contribution < -0.4 is 15.5 Å². The van der Waals surface area contributed by atoms with Gasteiger partial charge in [-0.1, -0.05) is 6.07 Å². The van der Waals surface area contributed by atoms with Crippen molar-refractivity contribution in [3.8, 4) is 0 Å². The normalized spacial score (nSPS) is 18.6. The number of amides is 1. The molecule has 2 N–H and O–H groups in total. The maximum Gasteiger partial charge on any atom is 0.391 e. The molecule has 2 aromatic heterocycles. The molecule has 0 unspecified atom stereocenters. The number of likely N-dealkylation sites (tertiary alicyclic amines) is 1. The molecule has 4 heterocycles. The largest absolute Gasteiger partial charge is 0.391 e. The monoisotopic (exact) mass is 476 g/mol. The van der Waals surface area contributed by atoms with Crippen molar-refractivity contribution >= 4 is 23.2 Å². The summed E-state index contributed by atoms with van der Waals surface area (Å²) in [5.74, 6) is 0.188. The maximum absolute atomic E-state index is 12.9. The topological polar surface area (TPSA) is 73.4 Å². The highest BCUT2D eigenvalue weighted by Crippen LogP contribution is 2.35.